The summed E-state index contributed by atoms with van der Waals surface area (Å²) in [5, 5.41) is 7.68. The number of nitrogens with zero attached hydrogens (tertiary/aromatic N) is 3. The Morgan fingerprint density at radius 2 is 0.326 bits per heavy atom. The number of hydrogen-bond donors (Lipinski definition) is 0. The normalized spacial score (nSPS) is 13.2. The molecule has 0 aliphatic heterocycles. The molecule has 3 heteroatoms. The van der Waals surface area contributed by atoms with Crippen LogP contribution in [-0.4, -0.2) is 13.7 Å². The second-order valence-corrected chi connectivity index (χ2v) is 35.1. The Balaban J connectivity index is 0.000000106. The Bertz CT molecular complexity index is 8270. The highest BCUT2D eigenvalue weighted by molar-refractivity contribution is 6.12. The van der Waals surface area contributed by atoms with Crippen LogP contribution in [-0.2, 0) is 16.2 Å². The number of para-hydroxylation sites is 6. The lowest BCUT2D eigenvalue weighted by Gasteiger charge is -2.34. The van der Waals surface area contributed by atoms with Gasteiger partial charge in [-0.15, -0.1) is 0 Å². The van der Waals surface area contributed by atoms with Gasteiger partial charge in [-0.05, 0) is 212 Å². The molecule has 0 unspecified atom stereocenters. The van der Waals surface area contributed by atoms with Gasteiger partial charge in [0.15, 0.2) is 0 Å². The second kappa shape index (κ2) is 31.8. The summed E-state index contributed by atoms with van der Waals surface area (Å²) in [6.45, 7) is 0. The molecular formula is C129H87N3. The van der Waals surface area contributed by atoms with E-state index in [0.29, 0.717) is 0 Å². The first-order valence-corrected chi connectivity index (χ1v) is 45.9. The monoisotopic (exact) mass is 1680 g/mol. The van der Waals surface area contributed by atoms with Crippen LogP contribution in [0.2, 0.25) is 0 Å². The fourth-order valence-corrected chi connectivity index (χ4v) is 22.9. The van der Waals surface area contributed by atoms with E-state index in [0.717, 1.165) is 0 Å². The van der Waals surface area contributed by atoms with E-state index in [9.17, 15) is 0 Å². The predicted molar refractivity (Wildman–Crippen MR) is 551 cm³/mol. The summed E-state index contributed by atoms with van der Waals surface area (Å²) in [6.07, 6.45) is 0. The molecule has 3 aliphatic rings. The van der Waals surface area contributed by atoms with Gasteiger partial charge >= 0.3 is 0 Å². The maximum atomic E-state index is 2.41. The molecule has 0 radical (unpaired) electrons. The van der Waals surface area contributed by atoms with Crippen LogP contribution in [0.5, 0.6) is 0 Å². The van der Waals surface area contributed by atoms with Crippen molar-refractivity contribution in [2.45, 2.75) is 16.2 Å². The highest BCUT2D eigenvalue weighted by Crippen LogP contribution is 2.60. The topological polar surface area (TPSA) is 14.8 Å². The van der Waals surface area contributed by atoms with E-state index in [1.165, 1.54) is 216 Å². The molecule has 27 rings (SSSR count). The van der Waals surface area contributed by atoms with Gasteiger partial charge in [0.2, 0.25) is 0 Å². The summed E-state index contributed by atoms with van der Waals surface area (Å²) < 4.78 is 7.16. The van der Waals surface area contributed by atoms with E-state index in [4.69, 9.17) is 0 Å². The smallest absolute Gasteiger partial charge is 0.0713 e. The van der Waals surface area contributed by atoms with Crippen molar-refractivity contribution in [1.82, 2.24) is 13.7 Å². The van der Waals surface area contributed by atoms with Crippen molar-refractivity contribution in [3.8, 4) is 83.8 Å². The summed E-state index contributed by atoms with van der Waals surface area (Å²) in [5.74, 6) is 0. The molecule has 132 heavy (non-hydrogen) atoms. The van der Waals surface area contributed by atoms with Crippen LogP contribution in [0, 0.1) is 0 Å². The van der Waals surface area contributed by atoms with Crippen LogP contribution in [0.15, 0.2) is 528 Å². The van der Waals surface area contributed by atoms with Gasteiger partial charge in [0.25, 0.3) is 0 Å². The van der Waals surface area contributed by atoms with Crippen molar-refractivity contribution in [2.75, 3.05) is 0 Å². The fraction of sp³-hybridized carbons (Fsp3) is 0.0233. The Labute approximate surface area is 768 Å². The summed E-state index contributed by atoms with van der Waals surface area (Å²) in [4.78, 5) is 0. The third kappa shape index (κ3) is 12.1. The number of fused-ring (bicyclic) bond motifs is 18. The van der Waals surface area contributed by atoms with Crippen molar-refractivity contribution in [3.05, 3.63) is 595 Å². The molecule has 3 heterocycles. The van der Waals surface area contributed by atoms with E-state index in [1.54, 1.807) is 0 Å². The fourth-order valence-electron chi connectivity index (χ4n) is 22.9. The van der Waals surface area contributed by atoms with Crippen molar-refractivity contribution < 1.29 is 0 Å². The predicted octanol–water partition coefficient (Wildman–Crippen LogP) is 32.4. The van der Waals surface area contributed by atoms with Gasteiger partial charge in [0.1, 0.15) is 0 Å². The van der Waals surface area contributed by atoms with Gasteiger partial charge < -0.3 is 13.7 Å². The first-order chi connectivity index (χ1) is 65.5. The van der Waals surface area contributed by atoms with E-state index >= 15 is 0 Å². The molecule has 0 saturated carbocycles. The molecule has 0 atom stereocenters. The molecule has 3 nitrogen and oxygen atoms in total. The summed E-state index contributed by atoms with van der Waals surface area (Å²) >= 11 is 0. The maximum absolute atomic E-state index is 2.41. The molecule has 0 saturated heterocycles. The van der Waals surface area contributed by atoms with Crippen LogP contribution in [0.4, 0.5) is 0 Å². The van der Waals surface area contributed by atoms with Gasteiger partial charge in [-0.3, -0.25) is 0 Å². The molecule has 0 spiro atoms. The molecule has 0 amide bonds. The van der Waals surface area contributed by atoms with Crippen LogP contribution in [0.25, 0.3) is 149 Å². The molecule has 0 N–H and O–H groups in total. The highest BCUT2D eigenvalue weighted by atomic mass is 15.0. The summed E-state index contributed by atoms with van der Waals surface area (Å²) in [5.41, 5.74) is 40.6. The second-order valence-electron chi connectivity index (χ2n) is 35.1. The third-order valence-corrected chi connectivity index (χ3v) is 28.5. The van der Waals surface area contributed by atoms with Crippen LogP contribution >= 0.6 is 0 Å². The average Bonchev–Trinajstić information content (AvgIpc) is 1.55. The van der Waals surface area contributed by atoms with Gasteiger partial charge in [-0.2, -0.15) is 0 Å². The Morgan fingerprint density at radius 3 is 0.629 bits per heavy atom. The first kappa shape index (κ1) is 77.4. The molecule has 0 bridgehead atoms. The average molecular weight is 1680 g/mol. The molecule has 618 valence electrons. The van der Waals surface area contributed by atoms with Gasteiger partial charge in [-0.1, -0.05) is 449 Å². The van der Waals surface area contributed by atoms with Crippen molar-refractivity contribution in [2.24, 2.45) is 0 Å². The van der Waals surface area contributed by atoms with Gasteiger partial charge in [0.05, 0.1) is 49.3 Å². The molecular weight excluding hydrogens is 1590 g/mol. The summed E-state index contributed by atoms with van der Waals surface area (Å²) in [6, 6.07) is 193. The number of rotatable bonds is 12. The lowest BCUT2D eigenvalue weighted by molar-refractivity contribution is 0.768. The van der Waals surface area contributed by atoms with Crippen molar-refractivity contribution in [3.63, 3.8) is 0 Å². The minimum absolute atomic E-state index is 0.368. The Hall–Kier alpha value is -17.0. The molecule has 21 aromatic carbocycles. The zero-order chi connectivity index (χ0) is 87.3. The lowest BCUT2D eigenvalue weighted by Crippen LogP contribution is -2.28. The van der Waals surface area contributed by atoms with Crippen LogP contribution in [0.1, 0.15) is 66.8 Å². The third-order valence-electron chi connectivity index (χ3n) is 28.5. The minimum atomic E-state index is -0.408. The summed E-state index contributed by atoms with van der Waals surface area (Å²) in [7, 11) is 0. The number of benzene rings is 21. The zero-order valence-electron chi connectivity index (χ0n) is 72.6. The largest absolute Gasteiger partial charge is 0.309 e. The molecule has 24 aromatic rings. The van der Waals surface area contributed by atoms with Crippen LogP contribution in [0.3, 0.4) is 0 Å². The Morgan fingerprint density at radius 1 is 0.121 bits per heavy atom. The van der Waals surface area contributed by atoms with E-state index in [-0.39, 0.29) is 10.8 Å². The van der Waals surface area contributed by atoms with E-state index in [2.05, 4.69) is 541 Å². The van der Waals surface area contributed by atoms with Gasteiger partial charge in [-0.25, -0.2) is 0 Å². The molecule has 0 fully saturated rings. The minimum Gasteiger partial charge on any atom is -0.309 e. The standard InChI is InChI=1S/3C43H29N/c1-2-16-32(17-3-1)43(39-24-8-4-20-35(39)36-21-5-9-25-40(36)43)33-18-12-14-30(28-33)31-15-13-19-34(29-31)44-41-26-10-6-22-37(41)38-23-7-11-27-42(38)44;1-2-14-32(15-3-1)43(39-21-8-4-17-35(39)36-18-5-9-22-40(36)43)33-27-25-30(26-28-33)31-13-12-16-34(29-31)44-41-23-10-6-19-37(41)38-20-7-11-24-42(38)44;1-2-12-32(13-3-1)43(39-18-8-4-14-35(39)36-15-5-9-19-40(36)43)33-26-22-30(23-27-33)31-24-28-34(29-25-31)44-41-20-10-6-16-37(41)38-17-7-11-21-42(38)44/h3*1-29H. The van der Waals surface area contributed by atoms with Crippen molar-refractivity contribution >= 4 is 65.4 Å². The van der Waals surface area contributed by atoms with Gasteiger partial charge in [0, 0.05) is 49.4 Å². The van der Waals surface area contributed by atoms with E-state index in [1.807, 2.05) is 0 Å². The highest BCUT2D eigenvalue weighted by Gasteiger charge is 2.49. The lowest BCUT2D eigenvalue weighted by atomic mass is 9.67. The first-order valence-electron chi connectivity index (χ1n) is 45.9. The van der Waals surface area contributed by atoms with Crippen LogP contribution < -0.4 is 0 Å². The zero-order valence-corrected chi connectivity index (χ0v) is 72.6. The maximum Gasteiger partial charge on any atom is 0.0713 e. The van der Waals surface area contributed by atoms with Crippen molar-refractivity contribution in [1.29, 1.82) is 0 Å². The quantitative estimate of drug-likeness (QED) is 0.116. The molecule has 3 aliphatic carbocycles. The Kier molecular flexibility index (Phi) is 18.6. The SMILES string of the molecule is c1ccc(C2(c3ccc(-c4ccc(-n5c6ccccc6c6ccccc65)cc4)cc3)c3ccccc3-c3ccccc32)cc1.c1ccc(C2(c3ccc(-c4cccc(-n5c6ccccc6c6ccccc65)c4)cc3)c3ccccc3-c3ccccc32)cc1.c1ccc(C2(c3cccc(-c4cccc(-n5c6ccccc6c6ccccc65)c4)c3)c3ccccc3-c3ccccc32)cc1. The number of hydrogen-bond acceptors (Lipinski definition) is 0. The van der Waals surface area contributed by atoms with E-state index < -0.39 is 5.41 Å². The molecule has 3 aromatic heterocycles. The number of aromatic nitrogens is 3.